The molecular formula is C15H18BrN3O. The van der Waals surface area contributed by atoms with Crippen molar-refractivity contribution >= 4 is 15.9 Å². The molecule has 1 aromatic carbocycles. The number of benzene rings is 1. The minimum atomic E-state index is 0.351. The average molecular weight is 336 g/mol. The second kappa shape index (κ2) is 6.06. The van der Waals surface area contributed by atoms with E-state index in [1.807, 2.05) is 12.1 Å². The molecular weight excluding hydrogens is 318 g/mol. The number of rotatable bonds is 4. The molecule has 1 aliphatic carbocycles. The number of hydrogen-bond donors (Lipinski definition) is 1. The Kier molecular flexibility index (Phi) is 4.17. The van der Waals surface area contributed by atoms with Crippen LogP contribution in [0.25, 0.3) is 0 Å². The van der Waals surface area contributed by atoms with Crippen LogP contribution >= 0.6 is 15.9 Å². The summed E-state index contributed by atoms with van der Waals surface area (Å²) in [6.45, 7) is 0.702. The first-order chi connectivity index (χ1) is 9.76. The average Bonchev–Trinajstić information content (AvgIpc) is 3.06. The van der Waals surface area contributed by atoms with Gasteiger partial charge in [0.05, 0.1) is 0 Å². The lowest BCUT2D eigenvalue weighted by molar-refractivity contribution is 0.323. The molecule has 0 spiro atoms. The van der Waals surface area contributed by atoms with Crippen molar-refractivity contribution in [3.05, 3.63) is 46.0 Å². The number of hydrogen-bond acceptors (Lipinski definition) is 4. The van der Waals surface area contributed by atoms with E-state index in [0.717, 1.165) is 22.6 Å². The highest BCUT2D eigenvalue weighted by atomic mass is 79.9. The van der Waals surface area contributed by atoms with Gasteiger partial charge < -0.3 is 10.3 Å². The van der Waals surface area contributed by atoms with Gasteiger partial charge in [0.2, 0.25) is 5.89 Å². The minimum absolute atomic E-state index is 0.351. The lowest BCUT2D eigenvalue weighted by Crippen LogP contribution is -2.17. The maximum Gasteiger partial charge on any atom is 0.230 e. The molecule has 2 aromatic rings. The molecule has 20 heavy (non-hydrogen) atoms. The molecule has 1 saturated carbocycles. The van der Waals surface area contributed by atoms with Crippen LogP contribution < -0.4 is 5.73 Å². The topological polar surface area (TPSA) is 64.9 Å². The van der Waals surface area contributed by atoms with Gasteiger partial charge in [0.25, 0.3) is 0 Å². The van der Waals surface area contributed by atoms with Crippen molar-refractivity contribution < 1.29 is 4.52 Å². The fourth-order valence-electron chi connectivity index (χ4n) is 2.96. The van der Waals surface area contributed by atoms with E-state index in [9.17, 15) is 0 Å². The molecule has 1 aliphatic rings. The van der Waals surface area contributed by atoms with Crippen LogP contribution in [-0.4, -0.2) is 16.7 Å². The Balaban J connectivity index is 1.73. The van der Waals surface area contributed by atoms with Crippen molar-refractivity contribution in [1.82, 2.24) is 10.1 Å². The Bertz CT molecular complexity index is 584. The molecule has 0 radical (unpaired) electrons. The fourth-order valence-corrected chi connectivity index (χ4v) is 3.41. The van der Waals surface area contributed by atoms with E-state index in [0.29, 0.717) is 24.8 Å². The first kappa shape index (κ1) is 13.8. The van der Waals surface area contributed by atoms with Crippen molar-refractivity contribution in [3.8, 4) is 0 Å². The van der Waals surface area contributed by atoms with Crippen LogP contribution in [-0.2, 0) is 6.42 Å². The van der Waals surface area contributed by atoms with Gasteiger partial charge in [0, 0.05) is 16.8 Å². The fraction of sp³-hybridized carbons (Fsp3) is 0.467. The van der Waals surface area contributed by atoms with Crippen LogP contribution in [0, 0.1) is 5.92 Å². The van der Waals surface area contributed by atoms with Crippen LogP contribution in [0.5, 0.6) is 0 Å². The SMILES string of the molecule is NCC1CCCC1c1nc(Cc2cccc(Br)c2)no1. The predicted octanol–water partition coefficient (Wildman–Crippen LogP) is 3.27. The third-order valence-electron chi connectivity index (χ3n) is 4.01. The second-order valence-corrected chi connectivity index (χ2v) is 6.30. The third kappa shape index (κ3) is 2.94. The highest BCUT2D eigenvalue weighted by Gasteiger charge is 2.31. The lowest BCUT2D eigenvalue weighted by Gasteiger charge is -2.12. The molecule has 0 aliphatic heterocycles. The summed E-state index contributed by atoms with van der Waals surface area (Å²) in [6, 6.07) is 8.17. The second-order valence-electron chi connectivity index (χ2n) is 5.39. The highest BCUT2D eigenvalue weighted by Crippen LogP contribution is 2.38. The molecule has 3 rings (SSSR count). The number of aromatic nitrogens is 2. The summed E-state index contributed by atoms with van der Waals surface area (Å²) < 4.78 is 6.52. The molecule has 2 atom stereocenters. The third-order valence-corrected chi connectivity index (χ3v) is 4.51. The summed E-state index contributed by atoms with van der Waals surface area (Å²) in [5.41, 5.74) is 6.99. The van der Waals surface area contributed by atoms with Crippen LogP contribution in [0.2, 0.25) is 0 Å². The van der Waals surface area contributed by atoms with Gasteiger partial charge in [0.1, 0.15) is 0 Å². The zero-order valence-corrected chi connectivity index (χ0v) is 12.8. The molecule has 106 valence electrons. The molecule has 2 N–H and O–H groups in total. The maximum absolute atomic E-state index is 5.81. The molecule has 1 fully saturated rings. The minimum Gasteiger partial charge on any atom is -0.339 e. The molecule has 4 nitrogen and oxygen atoms in total. The van der Waals surface area contributed by atoms with Gasteiger partial charge in [-0.3, -0.25) is 0 Å². The van der Waals surface area contributed by atoms with Gasteiger partial charge in [-0.25, -0.2) is 0 Å². The van der Waals surface area contributed by atoms with E-state index < -0.39 is 0 Å². The Labute approximate surface area is 126 Å². The predicted molar refractivity (Wildman–Crippen MR) is 80.4 cm³/mol. The van der Waals surface area contributed by atoms with Gasteiger partial charge in [0.15, 0.2) is 5.82 Å². The van der Waals surface area contributed by atoms with E-state index in [-0.39, 0.29) is 0 Å². The first-order valence-electron chi connectivity index (χ1n) is 7.03. The quantitative estimate of drug-likeness (QED) is 0.931. The van der Waals surface area contributed by atoms with Crippen molar-refractivity contribution in [1.29, 1.82) is 0 Å². The van der Waals surface area contributed by atoms with Crippen LogP contribution in [0.15, 0.2) is 33.3 Å². The Hall–Kier alpha value is -1.20. The summed E-state index contributed by atoms with van der Waals surface area (Å²) >= 11 is 3.47. The van der Waals surface area contributed by atoms with E-state index >= 15 is 0 Å². The van der Waals surface area contributed by atoms with Crippen molar-refractivity contribution in [2.75, 3.05) is 6.54 Å². The van der Waals surface area contributed by atoms with Gasteiger partial charge in [-0.05, 0) is 43.0 Å². The van der Waals surface area contributed by atoms with E-state index in [1.54, 1.807) is 0 Å². The summed E-state index contributed by atoms with van der Waals surface area (Å²) in [5.74, 6) is 2.36. The zero-order valence-electron chi connectivity index (χ0n) is 11.3. The molecule has 1 heterocycles. The van der Waals surface area contributed by atoms with Crippen LogP contribution in [0.4, 0.5) is 0 Å². The number of nitrogens with zero attached hydrogens (tertiary/aromatic N) is 2. The molecule has 0 saturated heterocycles. The molecule has 5 heteroatoms. The Morgan fingerprint density at radius 1 is 1.35 bits per heavy atom. The van der Waals surface area contributed by atoms with E-state index in [2.05, 4.69) is 38.2 Å². The van der Waals surface area contributed by atoms with Gasteiger partial charge in [-0.15, -0.1) is 0 Å². The van der Waals surface area contributed by atoms with Crippen molar-refractivity contribution in [2.24, 2.45) is 11.7 Å². The van der Waals surface area contributed by atoms with E-state index in [1.165, 1.54) is 18.4 Å². The smallest absolute Gasteiger partial charge is 0.230 e. The highest BCUT2D eigenvalue weighted by molar-refractivity contribution is 9.10. The summed E-state index contributed by atoms with van der Waals surface area (Å²) in [4.78, 5) is 4.57. The molecule has 1 aromatic heterocycles. The zero-order chi connectivity index (χ0) is 13.9. The standard InChI is InChI=1S/C15H18BrN3O/c16-12-5-1-3-10(7-12)8-14-18-15(20-19-14)13-6-2-4-11(13)9-17/h1,3,5,7,11,13H,2,4,6,8-9,17H2. The molecule has 0 amide bonds. The van der Waals surface area contributed by atoms with E-state index in [4.69, 9.17) is 10.3 Å². The lowest BCUT2D eigenvalue weighted by atomic mass is 9.96. The largest absolute Gasteiger partial charge is 0.339 e. The maximum atomic E-state index is 5.81. The van der Waals surface area contributed by atoms with Crippen molar-refractivity contribution in [2.45, 2.75) is 31.6 Å². The van der Waals surface area contributed by atoms with Crippen molar-refractivity contribution in [3.63, 3.8) is 0 Å². The van der Waals surface area contributed by atoms with Gasteiger partial charge in [-0.1, -0.05) is 39.6 Å². The van der Waals surface area contributed by atoms with Gasteiger partial charge in [-0.2, -0.15) is 4.98 Å². The van der Waals surface area contributed by atoms with Crippen LogP contribution in [0.3, 0.4) is 0 Å². The molecule has 2 unspecified atom stereocenters. The number of nitrogens with two attached hydrogens (primary N) is 1. The monoisotopic (exact) mass is 335 g/mol. The Morgan fingerprint density at radius 2 is 2.25 bits per heavy atom. The summed E-state index contributed by atoms with van der Waals surface area (Å²) in [7, 11) is 0. The van der Waals surface area contributed by atoms with Crippen LogP contribution in [0.1, 0.15) is 42.5 Å². The molecule has 0 bridgehead atoms. The van der Waals surface area contributed by atoms with Gasteiger partial charge >= 0.3 is 0 Å². The normalized spacial score (nSPS) is 22.3. The Morgan fingerprint density at radius 3 is 3.05 bits per heavy atom. The summed E-state index contributed by atoms with van der Waals surface area (Å²) in [5, 5.41) is 4.11. The first-order valence-corrected chi connectivity index (χ1v) is 7.82. The number of halogens is 1. The summed E-state index contributed by atoms with van der Waals surface area (Å²) in [6.07, 6.45) is 4.18.